The van der Waals surface area contributed by atoms with Crippen LogP contribution in [0.4, 0.5) is 4.39 Å². The number of ether oxygens (including phenoxy) is 1. The lowest BCUT2D eigenvalue weighted by atomic mass is 9.84. The molecule has 7 heteroatoms. The van der Waals surface area contributed by atoms with Crippen LogP contribution in [-0.2, 0) is 11.2 Å². The van der Waals surface area contributed by atoms with Crippen LogP contribution in [0.15, 0.2) is 88.7 Å². The summed E-state index contributed by atoms with van der Waals surface area (Å²) in [5.41, 5.74) is 2.59. The van der Waals surface area contributed by atoms with E-state index in [4.69, 9.17) is 4.74 Å². The molecule has 0 saturated carbocycles. The number of methoxy groups -OCH3 is 1. The Bertz CT molecular complexity index is 1270. The van der Waals surface area contributed by atoms with Crippen LogP contribution in [0, 0.1) is 11.8 Å². The van der Waals surface area contributed by atoms with Crippen molar-refractivity contribution < 1.29 is 19.3 Å². The molecule has 3 aromatic rings. The van der Waals surface area contributed by atoms with Crippen LogP contribution in [0.2, 0.25) is 0 Å². The fraction of sp³-hybridized carbons (Fsp3) is 0.231. The van der Waals surface area contributed by atoms with Crippen LogP contribution in [0.25, 0.3) is 16.8 Å². The number of benzene rings is 2. The van der Waals surface area contributed by atoms with E-state index in [-0.39, 0.29) is 12.3 Å². The first-order valence-electron chi connectivity index (χ1n) is 10.6. The molecule has 1 aromatic heterocycles. The molecule has 2 unspecified atom stereocenters. The summed E-state index contributed by atoms with van der Waals surface area (Å²) < 4.78 is 21.1. The van der Waals surface area contributed by atoms with Crippen LogP contribution in [-0.4, -0.2) is 33.9 Å². The SMILES string of the molecule is COC1=NC=C(F)[C@H](C)C1C(O)Cc1cc(=O)c(O)cn1-c1cccc(-c2ccccc2)c1. The number of aromatic nitrogens is 1. The average Bonchev–Trinajstić information content (AvgIpc) is 2.83. The summed E-state index contributed by atoms with van der Waals surface area (Å²) in [6, 6.07) is 18.7. The number of nitrogens with zero attached hydrogens (tertiary/aromatic N) is 2. The Labute approximate surface area is 190 Å². The Morgan fingerprint density at radius 3 is 2.58 bits per heavy atom. The minimum atomic E-state index is -1.08. The van der Waals surface area contributed by atoms with Gasteiger partial charge >= 0.3 is 0 Å². The van der Waals surface area contributed by atoms with Crippen molar-refractivity contribution in [3.8, 4) is 22.6 Å². The van der Waals surface area contributed by atoms with Gasteiger partial charge in [0, 0.05) is 29.8 Å². The molecule has 3 atom stereocenters. The Balaban J connectivity index is 1.73. The maximum atomic E-state index is 14.2. The van der Waals surface area contributed by atoms with E-state index in [0.29, 0.717) is 11.4 Å². The summed E-state index contributed by atoms with van der Waals surface area (Å²) >= 11 is 0. The Morgan fingerprint density at radius 2 is 1.85 bits per heavy atom. The molecule has 0 saturated heterocycles. The van der Waals surface area contributed by atoms with Crippen molar-refractivity contribution in [3.63, 3.8) is 0 Å². The number of hydrogen-bond acceptors (Lipinski definition) is 5. The number of allylic oxidation sites excluding steroid dienone is 1. The predicted molar refractivity (Wildman–Crippen MR) is 125 cm³/mol. The predicted octanol–water partition coefficient (Wildman–Crippen LogP) is 4.24. The first-order chi connectivity index (χ1) is 15.9. The van der Waals surface area contributed by atoms with Gasteiger partial charge in [-0.25, -0.2) is 9.38 Å². The molecule has 33 heavy (non-hydrogen) atoms. The van der Waals surface area contributed by atoms with E-state index in [0.717, 1.165) is 17.3 Å². The monoisotopic (exact) mass is 448 g/mol. The van der Waals surface area contributed by atoms with Gasteiger partial charge in [0.2, 0.25) is 5.43 Å². The molecule has 2 N–H and O–H groups in total. The summed E-state index contributed by atoms with van der Waals surface area (Å²) in [6.07, 6.45) is 1.38. The van der Waals surface area contributed by atoms with Crippen molar-refractivity contribution >= 4 is 5.90 Å². The highest BCUT2D eigenvalue weighted by atomic mass is 19.1. The summed E-state index contributed by atoms with van der Waals surface area (Å²) in [4.78, 5) is 16.2. The zero-order valence-electron chi connectivity index (χ0n) is 18.4. The van der Waals surface area contributed by atoms with Gasteiger partial charge in [0.1, 0.15) is 5.83 Å². The van der Waals surface area contributed by atoms with E-state index in [1.54, 1.807) is 11.5 Å². The highest BCUT2D eigenvalue weighted by Crippen LogP contribution is 2.32. The summed E-state index contributed by atoms with van der Waals surface area (Å²) in [5, 5.41) is 21.2. The van der Waals surface area contributed by atoms with Gasteiger partial charge in [-0.15, -0.1) is 0 Å². The number of aliphatic hydroxyl groups is 1. The van der Waals surface area contributed by atoms with E-state index in [1.807, 2.05) is 54.6 Å². The topological polar surface area (TPSA) is 84.1 Å². The van der Waals surface area contributed by atoms with Gasteiger partial charge < -0.3 is 19.5 Å². The van der Waals surface area contributed by atoms with Crippen LogP contribution >= 0.6 is 0 Å². The second-order valence-corrected chi connectivity index (χ2v) is 8.07. The molecule has 6 nitrogen and oxygen atoms in total. The molecular weight excluding hydrogens is 423 g/mol. The molecule has 1 aliphatic rings. The van der Waals surface area contributed by atoms with E-state index in [9.17, 15) is 19.4 Å². The quantitative estimate of drug-likeness (QED) is 0.612. The zero-order chi connectivity index (χ0) is 23.5. The lowest BCUT2D eigenvalue weighted by Gasteiger charge is -2.30. The third kappa shape index (κ3) is 4.59. The normalized spacial score (nSPS) is 18.9. The fourth-order valence-electron chi connectivity index (χ4n) is 4.17. The van der Waals surface area contributed by atoms with Crippen LogP contribution in [0.3, 0.4) is 0 Å². The van der Waals surface area contributed by atoms with Crippen molar-refractivity contribution in [2.45, 2.75) is 19.4 Å². The Morgan fingerprint density at radius 1 is 1.12 bits per heavy atom. The van der Waals surface area contributed by atoms with Crippen molar-refractivity contribution in [3.05, 3.63) is 94.8 Å². The molecule has 4 rings (SSSR count). The van der Waals surface area contributed by atoms with Crippen LogP contribution in [0.1, 0.15) is 12.6 Å². The maximum Gasteiger partial charge on any atom is 0.223 e. The second-order valence-electron chi connectivity index (χ2n) is 8.07. The number of hydrogen-bond donors (Lipinski definition) is 2. The van der Waals surface area contributed by atoms with Gasteiger partial charge in [0.25, 0.3) is 0 Å². The first-order valence-corrected chi connectivity index (χ1v) is 10.6. The third-order valence-electron chi connectivity index (χ3n) is 5.96. The first kappa shape index (κ1) is 22.5. The summed E-state index contributed by atoms with van der Waals surface area (Å²) in [5.74, 6) is -1.97. The van der Waals surface area contributed by atoms with Crippen molar-refractivity contribution in [1.29, 1.82) is 0 Å². The largest absolute Gasteiger partial charge is 0.503 e. The number of aliphatic hydroxyl groups excluding tert-OH is 1. The van der Waals surface area contributed by atoms with Crippen molar-refractivity contribution in [2.24, 2.45) is 16.8 Å². The highest BCUT2D eigenvalue weighted by molar-refractivity contribution is 5.81. The lowest BCUT2D eigenvalue weighted by Crippen LogP contribution is -2.38. The molecular formula is C26H25FN2O4. The molecule has 0 amide bonds. The van der Waals surface area contributed by atoms with Crippen molar-refractivity contribution in [1.82, 2.24) is 4.57 Å². The van der Waals surface area contributed by atoms with Gasteiger partial charge in [0.15, 0.2) is 11.6 Å². The molecule has 0 fully saturated rings. The van der Waals surface area contributed by atoms with E-state index >= 15 is 0 Å². The Hall–Kier alpha value is -3.71. The fourth-order valence-corrected chi connectivity index (χ4v) is 4.17. The van der Waals surface area contributed by atoms with E-state index in [2.05, 4.69) is 4.99 Å². The minimum absolute atomic E-state index is 0.0236. The molecule has 2 heterocycles. The third-order valence-corrected chi connectivity index (χ3v) is 5.96. The average molecular weight is 448 g/mol. The number of aliphatic imine (C=N–C) groups is 1. The second kappa shape index (κ2) is 9.42. The maximum absolute atomic E-state index is 14.2. The van der Waals surface area contributed by atoms with Gasteiger partial charge in [-0.1, -0.05) is 49.4 Å². The number of halogens is 1. The zero-order valence-corrected chi connectivity index (χ0v) is 18.4. The van der Waals surface area contributed by atoms with Crippen molar-refractivity contribution in [2.75, 3.05) is 7.11 Å². The van der Waals surface area contributed by atoms with E-state index < -0.39 is 34.9 Å². The lowest BCUT2D eigenvalue weighted by molar-refractivity contribution is 0.0991. The molecule has 0 radical (unpaired) electrons. The summed E-state index contributed by atoms with van der Waals surface area (Å²) in [6.45, 7) is 1.65. The standard InChI is InChI=1S/C26H25FN2O4/c1-16-21(27)14-28-26(33-2)25(16)23(31)13-20-12-22(30)24(32)15-29(20)19-10-6-9-18(11-19)17-7-4-3-5-8-17/h3-12,14-16,23,25,31-32H,13H2,1-2H3/t16-,23?,25?/m0/s1. The minimum Gasteiger partial charge on any atom is -0.503 e. The molecule has 0 spiro atoms. The highest BCUT2D eigenvalue weighted by Gasteiger charge is 2.36. The number of rotatable bonds is 5. The summed E-state index contributed by atoms with van der Waals surface area (Å²) in [7, 11) is 1.42. The molecule has 0 bridgehead atoms. The van der Waals surface area contributed by atoms with Gasteiger partial charge in [-0.3, -0.25) is 4.79 Å². The van der Waals surface area contributed by atoms with Crippen LogP contribution in [0.5, 0.6) is 5.75 Å². The molecule has 0 aliphatic carbocycles. The number of aromatic hydroxyl groups is 1. The number of pyridine rings is 1. The van der Waals surface area contributed by atoms with Gasteiger partial charge in [-0.05, 0) is 23.3 Å². The molecule has 1 aliphatic heterocycles. The molecule has 170 valence electrons. The Kier molecular flexibility index (Phi) is 6.42. The smallest absolute Gasteiger partial charge is 0.223 e. The van der Waals surface area contributed by atoms with Crippen LogP contribution < -0.4 is 5.43 Å². The van der Waals surface area contributed by atoms with E-state index in [1.165, 1.54) is 19.4 Å². The van der Waals surface area contributed by atoms with Gasteiger partial charge in [-0.2, -0.15) is 0 Å². The molecule has 2 aromatic carbocycles. The van der Waals surface area contributed by atoms with Gasteiger partial charge in [0.05, 0.1) is 31.5 Å².